The molecule has 0 amide bonds. The summed E-state index contributed by atoms with van der Waals surface area (Å²) >= 11 is 0. The number of nitrogens with one attached hydrogen (secondary N) is 1. The third-order valence-corrected chi connectivity index (χ3v) is 2.84. The second-order valence-corrected chi connectivity index (χ2v) is 4.19. The zero-order valence-electron chi connectivity index (χ0n) is 10.6. The number of fused-ring (bicyclic) bond motifs is 1. The van der Waals surface area contributed by atoms with Gasteiger partial charge in [-0.25, -0.2) is 4.98 Å². The molecule has 0 radical (unpaired) electrons. The van der Waals surface area contributed by atoms with Crippen LogP contribution in [0.25, 0.3) is 11.0 Å². The first-order valence-corrected chi connectivity index (χ1v) is 6.09. The summed E-state index contributed by atoms with van der Waals surface area (Å²) in [6.07, 6.45) is 0. The molecule has 0 aliphatic carbocycles. The molecule has 0 fully saturated rings. The van der Waals surface area contributed by atoms with Crippen LogP contribution in [0.2, 0.25) is 0 Å². The average molecular weight is 249 g/mol. The highest BCUT2D eigenvalue weighted by molar-refractivity contribution is 5.74. The van der Waals surface area contributed by atoms with E-state index >= 15 is 0 Å². The number of aromatic amines is 1. The summed E-state index contributed by atoms with van der Waals surface area (Å²) in [4.78, 5) is 9.92. The van der Waals surface area contributed by atoms with Gasteiger partial charge in [-0.15, -0.1) is 0 Å². The van der Waals surface area contributed by atoms with E-state index in [1.54, 1.807) is 7.11 Å². The van der Waals surface area contributed by atoms with Gasteiger partial charge in [-0.05, 0) is 12.1 Å². The number of para-hydroxylation sites is 2. The second-order valence-electron chi connectivity index (χ2n) is 4.19. The summed E-state index contributed by atoms with van der Waals surface area (Å²) in [5.74, 6) is 0.917. The van der Waals surface area contributed by atoms with Crippen LogP contribution in [0.1, 0.15) is 5.82 Å². The largest absolute Gasteiger partial charge is 0.395 e. The van der Waals surface area contributed by atoms with E-state index in [4.69, 9.17) is 9.84 Å². The van der Waals surface area contributed by atoms with Gasteiger partial charge >= 0.3 is 0 Å². The van der Waals surface area contributed by atoms with E-state index in [1.807, 2.05) is 24.3 Å². The lowest BCUT2D eigenvalue weighted by atomic mass is 10.3. The Labute approximate surface area is 106 Å². The predicted molar refractivity (Wildman–Crippen MR) is 70.3 cm³/mol. The number of methoxy groups -OCH3 is 1. The Hall–Kier alpha value is -1.43. The maximum Gasteiger partial charge on any atom is 0.121 e. The van der Waals surface area contributed by atoms with Crippen molar-refractivity contribution in [3.63, 3.8) is 0 Å². The van der Waals surface area contributed by atoms with Crippen molar-refractivity contribution in [2.75, 3.05) is 33.4 Å². The molecule has 5 heteroatoms. The Kier molecular flexibility index (Phi) is 4.69. The van der Waals surface area contributed by atoms with Gasteiger partial charge in [0.1, 0.15) is 5.82 Å². The highest BCUT2D eigenvalue weighted by Crippen LogP contribution is 2.11. The van der Waals surface area contributed by atoms with Gasteiger partial charge in [0.25, 0.3) is 0 Å². The first kappa shape index (κ1) is 13.0. The third kappa shape index (κ3) is 3.29. The Morgan fingerprint density at radius 3 is 2.89 bits per heavy atom. The number of ether oxygens (including phenoxy) is 1. The number of hydrogen-bond acceptors (Lipinski definition) is 4. The van der Waals surface area contributed by atoms with Gasteiger partial charge in [0.05, 0.1) is 30.8 Å². The molecule has 0 aliphatic rings. The molecule has 18 heavy (non-hydrogen) atoms. The summed E-state index contributed by atoms with van der Waals surface area (Å²) in [5, 5.41) is 9.04. The van der Waals surface area contributed by atoms with E-state index in [-0.39, 0.29) is 6.61 Å². The van der Waals surface area contributed by atoms with Crippen LogP contribution in [-0.2, 0) is 11.3 Å². The lowest BCUT2D eigenvalue weighted by Gasteiger charge is -2.19. The smallest absolute Gasteiger partial charge is 0.121 e. The molecule has 0 aliphatic heterocycles. The Balaban J connectivity index is 2.05. The first-order chi connectivity index (χ1) is 8.83. The van der Waals surface area contributed by atoms with Crippen molar-refractivity contribution in [3.05, 3.63) is 30.1 Å². The minimum atomic E-state index is 0.143. The Morgan fingerprint density at radius 2 is 2.17 bits per heavy atom. The molecule has 2 aromatic rings. The lowest BCUT2D eigenvalue weighted by Crippen LogP contribution is -2.30. The van der Waals surface area contributed by atoms with E-state index in [2.05, 4.69) is 14.9 Å². The first-order valence-electron chi connectivity index (χ1n) is 6.09. The van der Waals surface area contributed by atoms with Crippen LogP contribution in [0.15, 0.2) is 24.3 Å². The van der Waals surface area contributed by atoms with Gasteiger partial charge < -0.3 is 14.8 Å². The number of H-pyrrole nitrogens is 1. The lowest BCUT2D eigenvalue weighted by molar-refractivity contribution is 0.125. The topological polar surface area (TPSA) is 61.4 Å². The maximum absolute atomic E-state index is 9.04. The molecule has 0 spiro atoms. The molecule has 5 nitrogen and oxygen atoms in total. The van der Waals surface area contributed by atoms with Crippen molar-refractivity contribution in [2.24, 2.45) is 0 Å². The van der Waals surface area contributed by atoms with E-state index in [0.29, 0.717) is 19.7 Å². The van der Waals surface area contributed by atoms with Crippen LogP contribution in [0.5, 0.6) is 0 Å². The van der Waals surface area contributed by atoms with Gasteiger partial charge in [0.15, 0.2) is 0 Å². The molecule has 0 saturated heterocycles. The second kappa shape index (κ2) is 6.49. The van der Waals surface area contributed by atoms with Crippen LogP contribution in [0.3, 0.4) is 0 Å². The number of aromatic nitrogens is 2. The fraction of sp³-hybridized carbons (Fsp3) is 0.462. The molecular weight excluding hydrogens is 230 g/mol. The van der Waals surface area contributed by atoms with Crippen molar-refractivity contribution in [1.29, 1.82) is 0 Å². The molecule has 0 atom stereocenters. The summed E-state index contributed by atoms with van der Waals surface area (Å²) in [7, 11) is 1.68. The average Bonchev–Trinajstić information content (AvgIpc) is 2.78. The minimum absolute atomic E-state index is 0.143. The van der Waals surface area contributed by atoms with Gasteiger partial charge in [-0.2, -0.15) is 0 Å². The highest BCUT2D eigenvalue weighted by atomic mass is 16.5. The number of benzene rings is 1. The van der Waals surface area contributed by atoms with E-state index in [9.17, 15) is 0 Å². The standard InChI is InChI=1S/C13H19N3O2/c1-18-9-7-16(6-8-17)10-13-14-11-4-2-3-5-12(11)15-13/h2-5,17H,6-10H2,1H3,(H,14,15). The van der Waals surface area contributed by atoms with Gasteiger partial charge in [-0.3, -0.25) is 4.90 Å². The van der Waals surface area contributed by atoms with Crippen LogP contribution >= 0.6 is 0 Å². The summed E-state index contributed by atoms with van der Waals surface area (Å²) in [5.41, 5.74) is 2.02. The van der Waals surface area contributed by atoms with Crippen LogP contribution in [0, 0.1) is 0 Å². The number of rotatable bonds is 7. The molecule has 98 valence electrons. The van der Waals surface area contributed by atoms with Crippen molar-refractivity contribution >= 4 is 11.0 Å². The normalized spacial score (nSPS) is 11.5. The van der Waals surface area contributed by atoms with Crippen molar-refractivity contribution in [2.45, 2.75) is 6.54 Å². The fourth-order valence-corrected chi connectivity index (χ4v) is 1.92. The Morgan fingerprint density at radius 1 is 1.33 bits per heavy atom. The molecule has 1 heterocycles. The van der Waals surface area contributed by atoms with Crippen molar-refractivity contribution in [1.82, 2.24) is 14.9 Å². The molecule has 0 unspecified atom stereocenters. The zero-order valence-corrected chi connectivity index (χ0v) is 10.6. The van der Waals surface area contributed by atoms with Crippen LogP contribution in [-0.4, -0.2) is 53.4 Å². The van der Waals surface area contributed by atoms with Gasteiger partial charge in [0, 0.05) is 20.2 Å². The SMILES string of the molecule is COCCN(CCO)Cc1nc2ccccc2[nH]1. The van der Waals surface area contributed by atoms with Gasteiger partial charge in [0.2, 0.25) is 0 Å². The Bertz CT molecular complexity index is 451. The zero-order chi connectivity index (χ0) is 12.8. The van der Waals surface area contributed by atoms with Crippen LogP contribution < -0.4 is 0 Å². The highest BCUT2D eigenvalue weighted by Gasteiger charge is 2.08. The molecule has 2 rings (SSSR count). The molecule has 1 aromatic heterocycles. The van der Waals surface area contributed by atoms with Crippen molar-refractivity contribution < 1.29 is 9.84 Å². The number of nitrogens with zero attached hydrogens (tertiary/aromatic N) is 2. The quantitative estimate of drug-likeness (QED) is 0.768. The molecular formula is C13H19N3O2. The van der Waals surface area contributed by atoms with Crippen LogP contribution in [0.4, 0.5) is 0 Å². The fourth-order valence-electron chi connectivity index (χ4n) is 1.92. The third-order valence-electron chi connectivity index (χ3n) is 2.84. The maximum atomic E-state index is 9.04. The van der Waals surface area contributed by atoms with E-state index in [0.717, 1.165) is 23.4 Å². The monoisotopic (exact) mass is 249 g/mol. The molecule has 0 saturated carbocycles. The summed E-state index contributed by atoms with van der Waals surface area (Å²) in [6.45, 7) is 2.90. The minimum Gasteiger partial charge on any atom is -0.395 e. The molecule has 2 N–H and O–H groups in total. The number of aliphatic hydroxyl groups is 1. The molecule has 0 bridgehead atoms. The number of hydrogen-bond donors (Lipinski definition) is 2. The van der Waals surface area contributed by atoms with Gasteiger partial charge in [-0.1, -0.05) is 12.1 Å². The number of imidazole rings is 1. The van der Waals surface area contributed by atoms with E-state index < -0.39 is 0 Å². The predicted octanol–water partition coefficient (Wildman–Crippen LogP) is 1.00. The van der Waals surface area contributed by atoms with E-state index in [1.165, 1.54) is 0 Å². The van der Waals surface area contributed by atoms with Crippen molar-refractivity contribution in [3.8, 4) is 0 Å². The molecule has 1 aromatic carbocycles. The number of aliphatic hydroxyl groups excluding tert-OH is 1. The summed E-state index contributed by atoms with van der Waals surface area (Å²) in [6, 6.07) is 7.96. The summed E-state index contributed by atoms with van der Waals surface area (Å²) < 4.78 is 5.06.